The Hall–Kier alpha value is -1.30. The molecule has 1 rings (SSSR count). The van der Waals surface area contributed by atoms with Crippen molar-refractivity contribution < 1.29 is 14.7 Å². The van der Waals surface area contributed by atoms with Gasteiger partial charge in [0.1, 0.15) is 5.84 Å². The number of methoxy groups -OCH3 is 1. The fourth-order valence-corrected chi connectivity index (χ4v) is 1.89. The van der Waals surface area contributed by atoms with Crippen LogP contribution in [0, 0.1) is 0 Å². The number of hydrogen-bond donors (Lipinski definition) is 2. The monoisotopic (exact) mass is 243 g/mol. The van der Waals surface area contributed by atoms with Crippen molar-refractivity contribution in [2.24, 2.45) is 10.9 Å². The van der Waals surface area contributed by atoms with Gasteiger partial charge in [-0.2, -0.15) is 0 Å². The fraction of sp³-hybridized carbons (Fsp3) is 0.818. The molecule has 0 aromatic carbocycles. The summed E-state index contributed by atoms with van der Waals surface area (Å²) in [7, 11) is 3.37. The molecule has 0 bridgehead atoms. The Bertz CT molecular complexity index is 295. The standard InChI is InChI=1S/C11H21N3O3/c1-14(7-4-9(12)13-16)10(15)8-11(17-2)5-3-6-11/h16H,3-8H2,1-2H3,(H2,12,13). The molecule has 98 valence electrons. The maximum atomic E-state index is 11.9. The molecule has 1 saturated carbocycles. The zero-order valence-corrected chi connectivity index (χ0v) is 10.5. The van der Waals surface area contributed by atoms with Crippen molar-refractivity contribution >= 4 is 11.7 Å². The highest BCUT2D eigenvalue weighted by atomic mass is 16.5. The van der Waals surface area contributed by atoms with Crippen LogP contribution in [-0.2, 0) is 9.53 Å². The minimum atomic E-state index is -0.248. The van der Waals surface area contributed by atoms with Crippen LogP contribution in [0.3, 0.4) is 0 Å². The molecular formula is C11H21N3O3. The zero-order chi connectivity index (χ0) is 12.9. The van der Waals surface area contributed by atoms with E-state index in [2.05, 4.69) is 5.16 Å². The first kappa shape index (κ1) is 13.8. The van der Waals surface area contributed by atoms with Crippen LogP contribution in [0.1, 0.15) is 32.1 Å². The number of carbonyl (C=O) groups is 1. The molecule has 1 amide bonds. The van der Waals surface area contributed by atoms with Gasteiger partial charge in [-0.3, -0.25) is 4.79 Å². The molecule has 0 aliphatic heterocycles. The maximum absolute atomic E-state index is 11.9. The molecule has 0 saturated heterocycles. The third-order valence-electron chi connectivity index (χ3n) is 3.43. The molecule has 0 radical (unpaired) electrons. The van der Waals surface area contributed by atoms with Crippen LogP contribution < -0.4 is 5.73 Å². The average molecular weight is 243 g/mol. The SMILES string of the molecule is COC1(CC(=O)N(C)CCC(N)=NO)CCC1. The number of amidine groups is 1. The minimum absolute atomic E-state index is 0.0392. The number of hydrogen-bond acceptors (Lipinski definition) is 4. The Morgan fingerprint density at radius 1 is 1.59 bits per heavy atom. The van der Waals surface area contributed by atoms with Crippen molar-refractivity contribution in [3.8, 4) is 0 Å². The summed E-state index contributed by atoms with van der Waals surface area (Å²) in [5.41, 5.74) is 5.10. The van der Waals surface area contributed by atoms with E-state index in [0.29, 0.717) is 19.4 Å². The first-order valence-corrected chi connectivity index (χ1v) is 5.78. The summed E-state index contributed by atoms with van der Waals surface area (Å²) in [5, 5.41) is 11.3. The molecule has 0 aromatic rings. The first-order chi connectivity index (χ1) is 8.03. The summed E-state index contributed by atoms with van der Waals surface area (Å²) in [6.45, 7) is 0.453. The number of amides is 1. The predicted molar refractivity (Wildman–Crippen MR) is 63.9 cm³/mol. The van der Waals surface area contributed by atoms with Gasteiger partial charge < -0.3 is 20.6 Å². The number of oxime groups is 1. The largest absolute Gasteiger partial charge is 0.409 e. The van der Waals surface area contributed by atoms with Crippen LogP contribution in [-0.4, -0.2) is 48.2 Å². The molecule has 0 unspecified atom stereocenters. The molecule has 3 N–H and O–H groups in total. The molecule has 0 aromatic heterocycles. The fourth-order valence-electron chi connectivity index (χ4n) is 1.89. The summed E-state index contributed by atoms with van der Waals surface area (Å²) in [6, 6.07) is 0. The zero-order valence-electron chi connectivity index (χ0n) is 10.5. The van der Waals surface area contributed by atoms with Crippen molar-refractivity contribution in [1.29, 1.82) is 0 Å². The number of ether oxygens (including phenoxy) is 1. The van der Waals surface area contributed by atoms with Gasteiger partial charge in [0.05, 0.1) is 12.0 Å². The second-order valence-electron chi connectivity index (χ2n) is 4.57. The highest BCUT2D eigenvalue weighted by molar-refractivity contribution is 5.81. The van der Waals surface area contributed by atoms with Gasteiger partial charge in [-0.1, -0.05) is 5.16 Å². The third kappa shape index (κ3) is 3.59. The van der Waals surface area contributed by atoms with Crippen LogP contribution in [0.15, 0.2) is 5.16 Å². The van der Waals surface area contributed by atoms with Crippen LogP contribution in [0.4, 0.5) is 0 Å². The van der Waals surface area contributed by atoms with Crippen molar-refractivity contribution in [2.45, 2.75) is 37.7 Å². The second-order valence-corrected chi connectivity index (χ2v) is 4.57. The quantitative estimate of drug-likeness (QED) is 0.308. The van der Waals surface area contributed by atoms with Gasteiger partial charge in [-0.15, -0.1) is 0 Å². The van der Waals surface area contributed by atoms with Crippen molar-refractivity contribution in [3.05, 3.63) is 0 Å². The molecule has 17 heavy (non-hydrogen) atoms. The number of rotatable bonds is 6. The molecule has 1 fully saturated rings. The molecule has 1 aliphatic carbocycles. The average Bonchev–Trinajstić information content (AvgIpc) is 2.29. The minimum Gasteiger partial charge on any atom is -0.409 e. The van der Waals surface area contributed by atoms with E-state index in [0.717, 1.165) is 19.3 Å². The van der Waals surface area contributed by atoms with Crippen molar-refractivity contribution in [2.75, 3.05) is 20.7 Å². The van der Waals surface area contributed by atoms with E-state index in [-0.39, 0.29) is 17.3 Å². The lowest BCUT2D eigenvalue weighted by molar-refractivity contribution is -0.142. The van der Waals surface area contributed by atoms with E-state index in [1.165, 1.54) is 0 Å². The topological polar surface area (TPSA) is 88.2 Å². The van der Waals surface area contributed by atoms with E-state index in [1.807, 2.05) is 0 Å². The third-order valence-corrected chi connectivity index (χ3v) is 3.43. The van der Waals surface area contributed by atoms with E-state index < -0.39 is 0 Å². The van der Waals surface area contributed by atoms with Gasteiger partial charge in [-0.05, 0) is 19.3 Å². The first-order valence-electron chi connectivity index (χ1n) is 5.78. The van der Waals surface area contributed by atoms with E-state index in [4.69, 9.17) is 15.7 Å². The van der Waals surface area contributed by atoms with Crippen LogP contribution in [0.25, 0.3) is 0 Å². The lowest BCUT2D eigenvalue weighted by Gasteiger charge is -2.40. The summed E-state index contributed by atoms with van der Waals surface area (Å²) in [4.78, 5) is 13.5. The molecule has 0 spiro atoms. The number of nitrogens with zero attached hydrogens (tertiary/aromatic N) is 2. The molecule has 0 atom stereocenters. The predicted octanol–water partition coefficient (Wildman–Crippen LogP) is 0.540. The summed E-state index contributed by atoms with van der Waals surface area (Å²) in [5.74, 6) is 0.173. The lowest BCUT2D eigenvalue weighted by atomic mass is 9.77. The molecule has 0 heterocycles. The van der Waals surface area contributed by atoms with E-state index >= 15 is 0 Å². The normalized spacial score (nSPS) is 18.6. The van der Waals surface area contributed by atoms with Gasteiger partial charge in [0.2, 0.25) is 5.91 Å². The number of carbonyl (C=O) groups excluding carboxylic acids is 1. The highest BCUT2D eigenvalue weighted by Crippen LogP contribution is 2.38. The van der Waals surface area contributed by atoms with Crippen LogP contribution in [0.2, 0.25) is 0 Å². The Balaban J connectivity index is 2.36. The Morgan fingerprint density at radius 2 is 2.24 bits per heavy atom. The van der Waals surface area contributed by atoms with Crippen LogP contribution in [0.5, 0.6) is 0 Å². The van der Waals surface area contributed by atoms with Gasteiger partial charge in [0.15, 0.2) is 0 Å². The molecule has 6 heteroatoms. The van der Waals surface area contributed by atoms with Gasteiger partial charge in [0, 0.05) is 27.1 Å². The second kappa shape index (κ2) is 5.86. The van der Waals surface area contributed by atoms with E-state index in [9.17, 15) is 4.79 Å². The molecule has 6 nitrogen and oxygen atoms in total. The highest BCUT2D eigenvalue weighted by Gasteiger charge is 2.39. The summed E-state index contributed by atoms with van der Waals surface area (Å²) < 4.78 is 5.41. The van der Waals surface area contributed by atoms with Gasteiger partial charge >= 0.3 is 0 Å². The summed E-state index contributed by atoms with van der Waals surface area (Å²) >= 11 is 0. The summed E-state index contributed by atoms with van der Waals surface area (Å²) in [6.07, 6.45) is 3.80. The van der Waals surface area contributed by atoms with E-state index in [1.54, 1.807) is 19.1 Å². The Kier molecular flexibility index (Phi) is 4.74. The Morgan fingerprint density at radius 3 is 2.65 bits per heavy atom. The molecule has 1 aliphatic rings. The number of nitrogens with two attached hydrogens (primary N) is 1. The molecular weight excluding hydrogens is 222 g/mol. The maximum Gasteiger partial charge on any atom is 0.225 e. The van der Waals surface area contributed by atoms with Gasteiger partial charge in [-0.25, -0.2) is 0 Å². The van der Waals surface area contributed by atoms with Gasteiger partial charge in [0.25, 0.3) is 0 Å². The van der Waals surface area contributed by atoms with Crippen molar-refractivity contribution in [1.82, 2.24) is 4.90 Å². The Labute approximate surface area is 101 Å². The lowest BCUT2D eigenvalue weighted by Crippen LogP contribution is -2.44. The smallest absolute Gasteiger partial charge is 0.225 e. The van der Waals surface area contributed by atoms with Crippen LogP contribution >= 0.6 is 0 Å². The van der Waals surface area contributed by atoms with Crippen molar-refractivity contribution in [3.63, 3.8) is 0 Å².